The van der Waals surface area contributed by atoms with Crippen LogP contribution in [0.3, 0.4) is 0 Å². The van der Waals surface area contributed by atoms with E-state index in [9.17, 15) is 18.0 Å². The summed E-state index contributed by atoms with van der Waals surface area (Å²) in [6.07, 6.45) is 4.20. The highest BCUT2D eigenvalue weighted by atomic mass is 32.2. The first-order valence-corrected chi connectivity index (χ1v) is 16.9. The lowest BCUT2D eigenvalue weighted by Gasteiger charge is -2.31. The first kappa shape index (κ1) is 32.2. The second-order valence-electron chi connectivity index (χ2n) is 10.6. The zero-order valence-corrected chi connectivity index (χ0v) is 26.6. The Morgan fingerprint density at radius 1 is 1.00 bits per heavy atom. The number of hydrogen-bond acceptors (Lipinski definition) is 6. The molecule has 0 bridgehead atoms. The molecule has 1 aliphatic rings. The number of amides is 2. The average Bonchev–Trinajstić information content (AvgIpc) is 3.29. The molecule has 1 aromatic carbocycles. The maximum Gasteiger partial charge on any atom is 0.257 e. The normalized spacial score (nSPS) is 14.0. The van der Waals surface area contributed by atoms with Crippen LogP contribution in [-0.4, -0.2) is 73.1 Å². The predicted octanol–water partition coefficient (Wildman–Crippen LogP) is 5.84. The Morgan fingerprint density at radius 2 is 1.65 bits per heavy atom. The van der Waals surface area contributed by atoms with Gasteiger partial charge in [-0.25, -0.2) is 8.42 Å². The maximum atomic E-state index is 13.8. The Bertz CT molecular complexity index is 1250. The van der Waals surface area contributed by atoms with E-state index in [0.29, 0.717) is 48.3 Å². The summed E-state index contributed by atoms with van der Waals surface area (Å²) in [5, 5.41) is 3.60. The average molecular weight is 591 g/mol. The number of fused-ring (bicyclic) bond motifs is 1. The molecule has 0 atom stereocenters. The van der Waals surface area contributed by atoms with Crippen LogP contribution >= 0.6 is 11.3 Å². The number of nitrogens with zero attached hydrogens (tertiary/aromatic N) is 3. The van der Waals surface area contributed by atoms with Crippen molar-refractivity contribution < 1.29 is 18.0 Å². The van der Waals surface area contributed by atoms with Crippen molar-refractivity contribution in [2.45, 2.75) is 91.1 Å². The van der Waals surface area contributed by atoms with Gasteiger partial charge in [-0.05, 0) is 69.4 Å². The molecule has 3 rings (SSSR count). The summed E-state index contributed by atoms with van der Waals surface area (Å²) in [5.41, 5.74) is 2.02. The van der Waals surface area contributed by atoms with Gasteiger partial charge in [0, 0.05) is 55.8 Å². The van der Waals surface area contributed by atoms with Crippen molar-refractivity contribution in [3.8, 4) is 0 Å². The van der Waals surface area contributed by atoms with Crippen molar-refractivity contribution in [1.29, 1.82) is 0 Å². The highest BCUT2D eigenvalue weighted by molar-refractivity contribution is 7.89. The van der Waals surface area contributed by atoms with E-state index in [1.807, 2.05) is 18.7 Å². The number of benzene rings is 1. The van der Waals surface area contributed by atoms with E-state index in [4.69, 9.17) is 0 Å². The first-order chi connectivity index (χ1) is 19.1. The molecule has 1 N–H and O–H groups in total. The minimum Gasteiger partial charge on any atom is -0.339 e. The summed E-state index contributed by atoms with van der Waals surface area (Å²) in [6, 6.07) is 6.48. The second-order valence-corrected chi connectivity index (χ2v) is 13.7. The summed E-state index contributed by atoms with van der Waals surface area (Å²) in [6.45, 7) is 16.2. The van der Waals surface area contributed by atoms with Crippen molar-refractivity contribution in [1.82, 2.24) is 14.1 Å². The second kappa shape index (κ2) is 14.6. The number of thiophene rings is 1. The van der Waals surface area contributed by atoms with Crippen LogP contribution < -0.4 is 5.32 Å². The Kier molecular flexibility index (Phi) is 11.7. The highest BCUT2D eigenvalue weighted by Gasteiger charge is 2.31. The van der Waals surface area contributed by atoms with Gasteiger partial charge in [-0.2, -0.15) is 4.31 Å². The molecule has 0 saturated carbocycles. The summed E-state index contributed by atoms with van der Waals surface area (Å²) in [5.74, 6) is -0.379. The lowest BCUT2D eigenvalue weighted by Crippen LogP contribution is -2.37. The number of hydrogen-bond donors (Lipinski definition) is 1. The minimum atomic E-state index is -3.63. The van der Waals surface area contributed by atoms with Gasteiger partial charge in [0.1, 0.15) is 5.00 Å². The molecule has 10 heteroatoms. The highest BCUT2D eigenvalue weighted by Crippen LogP contribution is 2.38. The Labute approximate surface area is 244 Å². The van der Waals surface area contributed by atoms with E-state index in [-0.39, 0.29) is 16.7 Å². The molecule has 8 nitrogen and oxygen atoms in total. The fourth-order valence-corrected chi connectivity index (χ4v) is 7.82. The van der Waals surface area contributed by atoms with Gasteiger partial charge in [0.05, 0.1) is 10.5 Å². The van der Waals surface area contributed by atoms with Crippen molar-refractivity contribution in [3.63, 3.8) is 0 Å². The quantitative estimate of drug-likeness (QED) is 0.299. The first-order valence-electron chi connectivity index (χ1n) is 14.7. The van der Waals surface area contributed by atoms with Crippen LogP contribution in [0.15, 0.2) is 29.2 Å². The molecule has 2 amide bonds. The van der Waals surface area contributed by atoms with Gasteiger partial charge in [-0.1, -0.05) is 34.1 Å². The van der Waals surface area contributed by atoms with Crippen LogP contribution in [0.5, 0.6) is 0 Å². The molecule has 222 valence electrons. The van der Waals surface area contributed by atoms with Gasteiger partial charge in [0.2, 0.25) is 10.0 Å². The van der Waals surface area contributed by atoms with Crippen LogP contribution in [0, 0.1) is 0 Å². The molecule has 2 heterocycles. The SMILES string of the molecule is CCCCN(CC)S(=O)(=O)c1ccc(C(=O)Nc2sc3c(c2C(=O)N(CCC)CCC)CCN(C(C)C)C3)cc1. The minimum absolute atomic E-state index is 0.0253. The van der Waals surface area contributed by atoms with Gasteiger partial charge < -0.3 is 10.2 Å². The zero-order chi connectivity index (χ0) is 29.4. The molecule has 2 aromatic rings. The molecule has 1 aromatic heterocycles. The van der Waals surface area contributed by atoms with Crippen LogP contribution in [0.1, 0.15) is 98.4 Å². The number of nitrogens with one attached hydrogen (secondary N) is 1. The zero-order valence-electron chi connectivity index (χ0n) is 25.0. The summed E-state index contributed by atoms with van der Waals surface area (Å²) in [7, 11) is -3.63. The number of sulfonamides is 1. The Hall–Kier alpha value is -2.27. The van der Waals surface area contributed by atoms with E-state index in [0.717, 1.165) is 55.6 Å². The molecule has 1 aliphatic heterocycles. The van der Waals surface area contributed by atoms with Crippen LogP contribution in [0.25, 0.3) is 0 Å². The standard InChI is InChI=1S/C30H46N4O4S2/c1-7-11-19-34(10-4)40(37,38)24-14-12-23(13-15-24)28(35)31-29-27(30(36)32(17-8-2)18-9-3)25-16-20-33(22(5)6)21-26(25)39-29/h12-15,22H,7-11,16-21H2,1-6H3,(H,31,35). The molecule has 0 aliphatic carbocycles. The number of carbonyl (C=O) groups excluding carboxylic acids is 2. The third kappa shape index (κ3) is 7.32. The monoisotopic (exact) mass is 590 g/mol. The molecule has 0 saturated heterocycles. The molecule has 40 heavy (non-hydrogen) atoms. The fourth-order valence-electron chi connectivity index (χ4n) is 5.08. The third-order valence-corrected chi connectivity index (χ3v) is 10.5. The number of carbonyl (C=O) groups is 2. The van der Waals surface area contributed by atoms with E-state index in [2.05, 4.69) is 37.9 Å². The summed E-state index contributed by atoms with van der Waals surface area (Å²) in [4.78, 5) is 32.8. The van der Waals surface area contributed by atoms with Crippen molar-refractivity contribution >= 4 is 38.2 Å². The van der Waals surface area contributed by atoms with Crippen LogP contribution in [-0.2, 0) is 23.0 Å². The molecule has 0 unspecified atom stereocenters. The summed E-state index contributed by atoms with van der Waals surface area (Å²) < 4.78 is 27.7. The fraction of sp³-hybridized carbons (Fsp3) is 0.600. The van der Waals surface area contributed by atoms with E-state index in [1.54, 1.807) is 12.1 Å². The number of unbranched alkanes of at least 4 members (excludes halogenated alkanes) is 1. The van der Waals surface area contributed by atoms with E-state index >= 15 is 0 Å². The molecular weight excluding hydrogens is 544 g/mol. The molecule has 0 spiro atoms. The van der Waals surface area contributed by atoms with Gasteiger partial charge in [0.25, 0.3) is 11.8 Å². The van der Waals surface area contributed by atoms with E-state index in [1.165, 1.54) is 27.8 Å². The van der Waals surface area contributed by atoms with Gasteiger partial charge >= 0.3 is 0 Å². The van der Waals surface area contributed by atoms with Crippen LogP contribution in [0.2, 0.25) is 0 Å². The largest absolute Gasteiger partial charge is 0.339 e. The van der Waals surface area contributed by atoms with Gasteiger partial charge in [-0.3, -0.25) is 14.5 Å². The molecular formula is C30H46N4O4S2. The maximum absolute atomic E-state index is 13.8. The number of anilines is 1. The lowest BCUT2D eigenvalue weighted by atomic mass is 10.0. The predicted molar refractivity (Wildman–Crippen MR) is 164 cm³/mol. The van der Waals surface area contributed by atoms with Crippen molar-refractivity contribution in [3.05, 3.63) is 45.8 Å². The van der Waals surface area contributed by atoms with Gasteiger partial charge in [-0.15, -0.1) is 11.3 Å². The Balaban J connectivity index is 1.91. The number of rotatable bonds is 14. The topological polar surface area (TPSA) is 90.0 Å². The third-order valence-electron chi connectivity index (χ3n) is 7.40. The summed E-state index contributed by atoms with van der Waals surface area (Å²) >= 11 is 1.49. The smallest absolute Gasteiger partial charge is 0.257 e. The Morgan fingerprint density at radius 3 is 2.20 bits per heavy atom. The lowest BCUT2D eigenvalue weighted by molar-refractivity contribution is 0.0755. The molecule has 0 fully saturated rings. The van der Waals surface area contributed by atoms with Crippen molar-refractivity contribution in [2.75, 3.05) is 38.0 Å². The van der Waals surface area contributed by atoms with Crippen LogP contribution in [0.4, 0.5) is 5.00 Å². The van der Waals surface area contributed by atoms with E-state index < -0.39 is 10.0 Å². The molecule has 0 radical (unpaired) electrons. The van der Waals surface area contributed by atoms with Crippen molar-refractivity contribution in [2.24, 2.45) is 0 Å². The van der Waals surface area contributed by atoms with Gasteiger partial charge in [0.15, 0.2) is 0 Å².